The van der Waals surface area contributed by atoms with E-state index in [2.05, 4.69) is 10.3 Å². The van der Waals surface area contributed by atoms with Crippen molar-refractivity contribution in [3.05, 3.63) is 59.4 Å². The normalized spacial score (nSPS) is 14.3. The molecule has 5 heteroatoms. The van der Waals surface area contributed by atoms with Crippen LogP contribution in [0.25, 0.3) is 0 Å². The van der Waals surface area contributed by atoms with Crippen LogP contribution in [0.2, 0.25) is 0 Å². The highest BCUT2D eigenvalue weighted by Gasteiger charge is 2.21. The quantitative estimate of drug-likeness (QED) is 0.943. The lowest BCUT2D eigenvalue weighted by molar-refractivity contribution is 0.0725. The van der Waals surface area contributed by atoms with Crippen molar-refractivity contribution in [3.63, 3.8) is 0 Å². The second-order valence-corrected chi connectivity index (χ2v) is 6.02. The lowest BCUT2D eigenvalue weighted by Crippen LogP contribution is -2.36. The molecule has 0 unspecified atom stereocenters. The van der Waals surface area contributed by atoms with Gasteiger partial charge in [-0.3, -0.25) is 9.59 Å². The number of likely N-dealkylation sites (tertiary alicyclic amines) is 1. The van der Waals surface area contributed by atoms with Gasteiger partial charge in [-0.25, -0.2) is 4.98 Å². The van der Waals surface area contributed by atoms with E-state index in [4.69, 9.17) is 0 Å². The molecule has 1 aliphatic heterocycles. The van der Waals surface area contributed by atoms with E-state index in [1.807, 2.05) is 30.0 Å². The average molecular weight is 323 g/mol. The number of nitrogens with zero attached hydrogens (tertiary/aromatic N) is 2. The molecule has 2 aromatic rings. The van der Waals surface area contributed by atoms with Gasteiger partial charge < -0.3 is 10.2 Å². The van der Waals surface area contributed by atoms with Crippen LogP contribution in [-0.4, -0.2) is 34.8 Å². The van der Waals surface area contributed by atoms with E-state index in [0.29, 0.717) is 16.9 Å². The number of piperidine rings is 1. The highest BCUT2D eigenvalue weighted by atomic mass is 16.2. The molecule has 3 rings (SSSR count). The van der Waals surface area contributed by atoms with Crippen molar-refractivity contribution in [3.8, 4) is 0 Å². The third kappa shape index (κ3) is 3.62. The van der Waals surface area contributed by atoms with Crippen LogP contribution in [-0.2, 0) is 0 Å². The molecule has 0 aliphatic carbocycles. The first-order valence-corrected chi connectivity index (χ1v) is 8.28. The Morgan fingerprint density at radius 2 is 1.75 bits per heavy atom. The van der Waals surface area contributed by atoms with Crippen molar-refractivity contribution in [1.29, 1.82) is 0 Å². The molecule has 0 atom stereocenters. The van der Waals surface area contributed by atoms with Gasteiger partial charge in [-0.05, 0) is 50.5 Å². The molecule has 2 amide bonds. The van der Waals surface area contributed by atoms with Gasteiger partial charge in [-0.1, -0.05) is 18.2 Å². The number of para-hydroxylation sites is 1. The molecule has 2 heterocycles. The van der Waals surface area contributed by atoms with Crippen LogP contribution >= 0.6 is 0 Å². The minimum Gasteiger partial charge on any atom is -0.339 e. The SMILES string of the molecule is Cc1cccc(C(=O)Nc2ccccc2C(=O)N2CCCCC2)n1. The predicted molar refractivity (Wildman–Crippen MR) is 93.1 cm³/mol. The highest BCUT2D eigenvalue weighted by Crippen LogP contribution is 2.20. The van der Waals surface area contributed by atoms with E-state index < -0.39 is 0 Å². The molecule has 1 N–H and O–H groups in total. The van der Waals surface area contributed by atoms with Crippen LogP contribution in [0.5, 0.6) is 0 Å². The lowest BCUT2D eigenvalue weighted by Gasteiger charge is -2.27. The number of carbonyl (C=O) groups excluding carboxylic acids is 2. The van der Waals surface area contributed by atoms with Crippen molar-refractivity contribution in [2.24, 2.45) is 0 Å². The summed E-state index contributed by atoms with van der Waals surface area (Å²) in [5.41, 5.74) is 2.18. The fourth-order valence-electron chi connectivity index (χ4n) is 2.90. The van der Waals surface area contributed by atoms with Crippen molar-refractivity contribution in [1.82, 2.24) is 9.88 Å². The Morgan fingerprint density at radius 1 is 1.00 bits per heavy atom. The summed E-state index contributed by atoms with van der Waals surface area (Å²) in [6.45, 7) is 3.39. The minimum absolute atomic E-state index is 0.0252. The molecule has 124 valence electrons. The fourth-order valence-corrected chi connectivity index (χ4v) is 2.90. The van der Waals surface area contributed by atoms with Gasteiger partial charge >= 0.3 is 0 Å². The van der Waals surface area contributed by atoms with E-state index in [1.54, 1.807) is 24.3 Å². The molecule has 0 radical (unpaired) electrons. The standard InChI is InChI=1S/C19H21N3O2/c1-14-8-7-11-17(20-14)18(23)21-16-10-4-3-9-15(16)19(24)22-12-5-2-6-13-22/h3-4,7-11H,2,5-6,12-13H2,1H3,(H,21,23). The Bertz CT molecular complexity index is 752. The van der Waals surface area contributed by atoms with E-state index in [-0.39, 0.29) is 11.8 Å². The van der Waals surface area contributed by atoms with Gasteiger partial charge in [0.15, 0.2) is 0 Å². The Kier molecular flexibility index (Phi) is 4.89. The smallest absolute Gasteiger partial charge is 0.274 e. The van der Waals surface area contributed by atoms with Gasteiger partial charge in [-0.15, -0.1) is 0 Å². The van der Waals surface area contributed by atoms with Crippen LogP contribution < -0.4 is 5.32 Å². The summed E-state index contributed by atoms with van der Waals surface area (Å²) < 4.78 is 0. The number of amides is 2. The largest absolute Gasteiger partial charge is 0.339 e. The summed E-state index contributed by atoms with van der Waals surface area (Å²) in [6.07, 6.45) is 3.24. The number of hydrogen-bond acceptors (Lipinski definition) is 3. The van der Waals surface area contributed by atoms with E-state index >= 15 is 0 Å². The molecule has 1 aliphatic rings. The topological polar surface area (TPSA) is 62.3 Å². The number of carbonyl (C=O) groups is 2. The molecule has 1 fully saturated rings. The zero-order valence-electron chi connectivity index (χ0n) is 13.8. The molecule has 0 bridgehead atoms. The maximum atomic E-state index is 12.8. The summed E-state index contributed by atoms with van der Waals surface area (Å²) in [7, 11) is 0. The molecule has 1 saturated heterocycles. The number of rotatable bonds is 3. The third-order valence-electron chi connectivity index (χ3n) is 4.17. The summed E-state index contributed by atoms with van der Waals surface area (Å²) in [6, 6.07) is 12.4. The van der Waals surface area contributed by atoms with Crippen LogP contribution in [0.3, 0.4) is 0 Å². The summed E-state index contributed by atoms with van der Waals surface area (Å²) in [4.78, 5) is 31.3. The van der Waals surface area contributed by atoms with Crippen molar-refractivity contribution >= 4 is 17.5 Å². The van der Waals surface area contributed by atoms with Gasteiger partial charge in [0.25, 0.3) is 11.8 Å². The first-order chi connectivity index (χ1) is 11.6. The second kappa shape index (κ2) is 7.25. The van der Waals surface area contributed by atoms with Crippen molar-refractivity contribution < 1.29 is 9.59 Å². The molecule has 0 spiro atoms. The van der Waals surface area contributed by atoms with Gasteiger partial charge in [0, 0.05) is 18.8 Å². The van der Waals surface area contributed by atoms with Crippen LogP contribution in [0.4, 0.5) is 5.69 Å². The molecular formula is C19H21N3O2. The lowest BCUT2D eigenvalue weighted by atomic mass is 10.1. The second-order valence-electron chi connectivity index (χ2n) is 6.02. The van der Waals surface area contributed by atoms with Crippen molar-refractivity contribution in [2.45, 2.75) is 26.2 Å². The Balaban J connectivity index is 1.81. The number of nitrogens with one attached hydrogen (secondary N) is 1. The zero-order valence-corrected chi connectivity index (χ0v) is 13.8. The number of pyridine rings is 1. The number of hydrogen-bond donors (Lipinski definition) is 1. The number of benzene rings is 1. The number of aromatic nitrogens is 1. The van der Waals surface area contributed by atoms with Gasteiger partial charge in [0.05, 0.1) is 11.3 Å². The summed E-state index contributed by atoms with van der Waals surface area (Å²) in [5.74, 6) is -0.333. The molecule has 24 heavy (non-hydrogen) atoms. The molecule has 0 saturated carbocycles. The number of anilines is 1. The first-order valence-electron chi connectivity index (χ1n) is 8.28. The highest BCUT2D eigenvalue weighted by molar-refractivity contribution is 6.08. The summed E-state index contributed by atoms with van der Waals surface area (Å²) in [5, 5.41) is 2.83. The van der Waals surface area contributed by atoms with Crippen LogP contribution in [0.15, 0.2) is 42.5 Å². The molecular weight excluding hydrogens is 302 g/mol. The monoisotopic (exact) mass is 323 g/mol. The van der Waals surface area contributed by atoms with Crippen LogP contribution in [0.1, 0.15) is 45.8 Å². The Morgan fingerprint density at radius 3 is 2.50 bits per heavy atom. The molecule has 5 nitrogen and oxygen atoms in total. The van der Waals surface area contributed by atoms with Crippen LogP contribution in [0, 0.1) is 6.92 Å². The van der Waals surface area contributed by atoms with Gasteiger partial charge in [0.1, 0.15) is 5.69 Å². The first kappa shape index (κ1) is 16.2. The Labute approximate surface area is 141 Å². The zero-order chi connectivity index (χ0) is 16.9. The van der Waals surface area contributed by atoms with E-state index in [9.17, 15) is 9.59 Å². The Hall–Kier alpha value is -2.69. The molecule has 1 aromatic carbocycles. The van der Waals surface area contributed by atoms with Crippen molar-refractivity contribution in [2.75, 3.05) is 18.4 Å². The predicted octanol–water partition coefficient (Wildman–Crippen LogP) is 3.27. The van der Waals surface area contributed by atoms with E-state index in [0.717, 1.165) is 31.6 Å². The number of aryl methyl sites for hydroxylation is 1. The van der Waals surface area contributed by atoms with E-state index in [1.165, 1.54) is 6.42 Å². The maximum Gasteiger partial charge on any atom is 0.274 e. The molecule has 1 aromatic heterocycles. The fraction of sp³-hybridized carbons (Fsp3) is 0.316. The average Bonchev–Trinajstić information content (AvgIpc) is 2.62. The minimum atomic E-state index is -0.308. The maximum absolute atomic E-state index is 12.8. The summed E-state index contributed by atoms with van der Waals surface area (Å²) >= 11 is 0. The van der Waals surface area contributed by atoms with Gasteiger partial charge in [-0.2, -0.15) is 0 Å². The van der Waals surface area contributed by atoms with Gasteiger partial charge in [0.2, 0.25) is 0 Å². The third-order valence-corrected chi connectivity index (χ3v) is 4.17.